The highest BCUT2D eigenvalue weighted by molar-refractivity contribution is 7.90. The van der Waals surface area contributed by atoms with Crippen molar-refractivity contribution in [1.82, 2.24) is 14.5 Å². The van der Waals surface area contributed by atoms with Crippen LogP contribution in [0.15, 0.2) is 4.90 Å². The van der Waals surface area contributed by atoms with Crippen LogP contribution < -0.4 is 10.5 Å². The molecule has 0 aliphatic heterocycles. The third-order valence-corrected chi connectivity index (χ3v) is 5.21. The van der Waals surface area contributed by atoms with Crippen molar-refractivity contribution in [2.45, 2.75) is 18.2 Å². The van der Waals surface area contributed by atoms with Gasteiger partial charge in [-0.05, 0) is 13.3 Å². The Hall–Kier alpha value is -1.13. The van der Waals surface area contributed by atoms with Crippen LogP contribution in [0.4, 0.5) is 5.82 Å². The summed E-state index contributed by atoms with van der Waals surface area (Å²) in [6.07, 6.45) is 1.31. The lowest BCUT2D eigenvalue weighted by atomic mass is 10.5. The van der Waals surface area contributed by atoms with Crippen molar-refractivity contribution in [2.75, 3.05) is 24.3 Å². The first-order valence-electron chi connectivity index (χ1n) is 5.51. The molecule has 0 unspecified atom stereocenters. The number of sulfonamides is 1. The maximum Gasteiger partial charge on any atom is 0.246 e. The zero-order valence-electron chi connectivity index (χ0n) is 11.0. The lowest BCUT2D eigenvalue weighted by molar-refractivity contribution is 0.576. The van der Waals surface area contributed by atoms with Gasteiger partial charge in [0.2, 0.25) is 10.0 Å². The molecule has 0 aromatic carbocycles. The third-order valence-electron chi connectivity index (χ3n) is 2.56. The van der Waals surface area contributed by atoms with Crippen molar-refractivity contribution < 1.29 is 16.8 Å². The van der Waals surface area contributed by atoms with Crippen LogP contribution in [0.25, 0.3) is 0 Å². The summed E-state index contributed by atoms with van der Waals surface area (Å²) in [5.74, 6) is -0.146. The van der Waals surface area contributed by atoms with Gasteiger partial charge in [-0.3, -0.25) is 4.68 Å². The molecule has 1 aromatic heterocycles. The van der Waals surface area contributed by atoms with Gasteiger partial charge >= 0.3 is 0 Å². The zero-order chi connectivity index (χ0) is 14.8. The van der Waals surface area contributed by atoms with Crippen molar-refractivity contribution in [3.63, 3.8) is 0 Å². The molecule has 19 heavy (non-hydrogen) atoms. The molecule has 0 saturated carbocycles. The second-order valence-electron chi connectivity index (χ2n) is 4.30. The summed E-state index contributed by atoms with van der Waals surface area (Å²) in [7, 11) is -5.27. The van der Waals surface area contributed by atoms with Gasteiger partial charge in [0.15, 0.2) is 5.82 Å². The van der Waals surface area contributed by atoms with Crippen LogP contribution in [0.5, 0.6) is 0 Å². The van der Waals surface area contributed by atoms with E-state index in [-0.39, 0.29) is 29.4 Å². The molecule has 8 nitrogen and oxygen atoms in total. The Morgan fingerprint density at radius 1 is 1.32 bits per heavy atom. The summed E-state index contributed by atoms with van der Waals surface area (Å²) >= 11 is 0. The molecule has 0 radical (unpaired) electrons. The van der Waals surface area contributed by atoms with Gasteiger partial charge in [-0.2, -0.15) is 5.10 Å². The molecule has 0 atom stereocenters. The molecule has 3 N–H and O–H groups in total. The predicted octanol–water partition coefficient (Wildman–Crippen LogP) is -0.976. The van der Waals surface area contributed by atoms with E-state index in [2.05, 4.69) is 9.82 Å². The molecule has 0 bridgehead atoms. The van der Waals surface area contributed by atoms with Gasteiger partial charge in [0.25, 0.3) is 0 Å². The van der Waals surface area contributed by atoms with Gasteiger partial charge in [-0.15, -0.1) is 0 Å². The molecule has 0 fully saturated rings. The summed E-state index contributed by atoms with van der Waals surface area (Å²) in [5.41, 5.74) is 5.98. The van der Waals surface area contributed by atoms with E-state index < -0.39 is 19.9 Å². The lowest BCUT2D eigenvalue weighted by Crippen LogP contribution is -2.27. The van der Waals surface area contributed by atoms with E-state index in [4.69, 9.17) is 5.73 Å². The lowest BCUT2D eigenvalue weighted by Gasteiger charge is -2.06. The summed E-state index contributed by atoms with van der Waals surface area (Å²) in [6.45, 7) is 1.62. The molecule has 1 aromatic rings. The fourth-order valence-electron chi connectivity index (χ4n) is 1.56. The van der Waals surface area contributed by atoms with E-state index >= 15 is 0 Å². The Morgan fingerprint density at radius 2 is 1.89 bits per heavy atom. The molecule has 0 aliphatic rings. The Labute approximate surface area is 113 Å². The number of nitrogens with one attached hydrogen (secondary N) is 1. The largest absolute Gasteiger partial charge is 0.381 e. The van der Waals surface area contributed by atoms with Crippen molar-refractivity contribution in [3.8, 4) is 0 Å². The van der Waals surface area contributed by atoms with E-state index in [1.807, 2.05) is 0 Å². The van der Waals surface area contributed by atoms with Crippen LogP contribution in [-0.4, -0.2) is 45.2 Å². The monoisotopic (exact) mass is 310 g/mol. The van der Waals surface area contributed by atoms with Gasteiger partial charge in [-0.25, -0.2) is 21.6 Å². The minimum Gasteiger partial charge on any atom is -0.381 e. The number of hydrogen-bond donors (Lipinski definition) is 2. The van der Waals surface area contributed by atoms with Crippen LogP contribution in [0.2, 0.25) is 0 Å². The first-order valence-corrected chi connectivity index (χ1v) is 9.05. The normalized spacial score (nSPS) is 12.8. The van der Waals surface area contributed by atoms with Crippen LogP contribution in [-0.2, 0) is 26.9 Å². The maximum absolute atomic E-state index is 12.0. The Balaban J connectivity index is 2.77. The molecule has 0 amide bonds. The highest BCUT2D eigenvalue weighted by Gasteiger charge is 2.24. The Kier molecular flexibility index (Phi) is 4.59. The van der Waals surface area contributed by atoms with Gasteiger partial charge in [0, 0.05) is 19.8 Å². The maximum atomic E-state index is 12.0. The summed E-state index contributed by atoms with van der Waals surface area (Å²) < 4.78 is 49.6. The number of aromatic nitrogens is 2. The van der Waals surface area contributed by atoms with E-state index in [0.717, 1.165) is 6.26 Å². The molecule has 0 aliphatic carbocycles. The molecule has 0 spiro atoms. The van der Waals surface area contributed by atoms with Gasteiger partial charge in [0.05, 0.1) is 11.4 Å². The number of nitrogens with two attached hydrogens (primary N) is 1. The zero-order valence-corrected chi connectivity index (χ0v) is 12.7. The average Bonchev–Trinajstić information content (AvgIpc) is 2.47. The molecule has 1 heterocycles. The number of anilines is 1. The first-order chi connectivity index (χ1) is 8.54. The number of nitrogen functional groups attached to an aromatic ring is 1. The first kappa shape index (κ1) is 15.9. The minimum absolute atomic E-state index is 0.0309. The topological polar surface area (TPSA) is 124 Å². The molecule has 110 valence electrons. The van der Waals surface area contributed by atoms with Crippen LogP contribution >= 0.6 is 0 Å². The number of aryl methyl sites for hydroxylation is 1. The Morgan fingerprint density at radius 3 is 2.32 bits per heavy atom. The minimum atomic E-state index is -3.77. The second kappa shape index (κ2) is 5.47. The van der Waals surface area contributed by atoms with Crippen molar-refractivity contribution in [3.05, 3.63) is 5.69 Å². The number of rotatable bonds is 6. The van der Waals surface area contributed by atoms with E-state index in [1.165, 1.54) is 4.68 Å². The van der Waals surface area contributed by atoms with Crippen LogP contribution in [0.3, 0.4) is 0 Å². The van der Waals surface area contributed by atoms with Crippen molar-refractivity contribution in [2.24, 2.45) is 7.05 Å². The molecular formula is C9H18N4O4S2. The number of nitrogens with zero attached hydrogens (tertiary/aromatic N) is 2. The predicted molar refractivity (Wildman–Crippen MR) is 71.9 cm³/mol. The van der Waals surface area contributed by atoms with Crippen molar-refractivity contribution in [1.29, 1.82) is 0 Å². The van der Waals surface area contributed by atoms with Gasteiger partial charge < -0.3 is 5.73 Å². The number of sulfone groups is 1. The van der Waals surface area contributed by atoms with Gasteiger partial charge in [-0.1, -0.05) is 0 Å². The summed E-state index contributed by atoms with van der Waals surface area (Å²) in [5, 5.41) is 3.82. The molecule has 10 heteroatoms. The fourth-order valence-corrected chi connectivity index (χ4v) is 3.62. The van der Waals surface area contributed by atoms with Crippen molar-refractivity contribution >= 4 is 25.7 Å². The fraction of sp³-hybridized carbons (Fsp3) is 0.667. The van der Waals surface area contributed by atoms with E-state index in [9.17, 15) is 16.8 Å². The molecular weight excluding hydrogens is 292 g/mol. The number of hydrogen-bond acceptors (Lipinski definition) is 6. The third kappa shape index (κ3) is 4.18. The molecule has 0 saturated heterocycles. The smallest absolute Gasteiger partial charge is 0.246 e. The van der Waals surface area contributed by atoms with Crippen LogP contribution in [0, 0.1) is 6.92 Å². The molecule has 1 rings (SSSR count). The standard InChI is InChI=1S/C9H18N4O4S2/c1-7-8(9(10)12-13(7)2)19(16,17)11-5-4-6-18(3,14)15/h11H,4-6H2,1-3H3,(H2,10,12). The van der Waals surface area contributed by atoms with E-state index in [1.54, 1.807) is 14.0 Å². The van der Waals surface area contributed by atoms with Gasteiger partial charge in [0.1, 0.15) is 14.7 Å². The average molecular weight is 310 g/mol. The summed E-state index contributed by atoms with van der Waals surface area (Å²) in [6, 6.07) is 0. The summed E-state index contributed by atoms with van der Waals surface area (Å²) in [4.78, 5) is -0.0608. The highest BCUT2D eigenvalue weighted by atomic mass is 32.2. The Bertz CT molecular complexity index is 661. The second-order valence-corrected chi connectivity index (χ2v) is 8.27. The SMILES string of the molecule is Cc1c(S(=O)(=O)NCCCS(C)(=O)=O)c(N)nn1C. The van der Waals surface area contributed by atoms with Crippen LogP contribution in [0.1, 0.15) is 12.1 Å². The quantitative estimate of drug-likeness (QED) is 0.651. The highest BCUT2D eigenvalue weighted by Crippen LogP contribution is 2.20. The van der Waals surface area contributed by atoms with E-state index in [0.29, 0.717) is 5.69 Å².